The zero-order valence-electron chi connectivity index (χ0n) is 14.0. The summed E-state index contributed by atoms with van der Waals surface area (Å²) in [7, 11) is 0. The summed E-state index contributed by atoms with van der Waals surface area (Å²) < 4.78 is 5.36. The highest BCUT2D eigenvalue weighted by Crippen LogP contribution is 2.29. The Morgan fingerprint density at radius 2 is 2.09 bits per heavy atom. The standard InChI is InChI=1S/C17H26N4O2/c1-12(14-4-3-5-14)19-17(22)20-15-6-7-16(18-13(15)2)21-8-10-23-11-9-21/h6-7,12,14H,3-5,8-11H2,1-2H3,(H2,19,20,22)/t12-/m1/s1. The van der Waals surface area contributed by atoms with Crippen LogP contribution in [0.4, 0.5) is 16.3 Å². The van der Waals surface area contributed by atoms with Crippen molar-refractivity contribution in [3.63, 3.8) is 0 Å². The predicted molar refractivity (Wildman–Crippen MR) is 91.0 cm³/mol. The number of urea groups is 1. The number of aromatic nitrogens is 1. The second-order valence-electron chi connectivity index (χ2n) is 6.48. The van der Waals surface area contributed by atoms with Gasteiger partial charge < -0.3 is 20.3 Å². The summed E-state index contributed by atoms with van der Waals surface area (Å²) in [4.78, 5) is 19.0. The molecule has 23 heavy (non-hydrogen) atoms. The number of carbonyl (C=O) groups excluding carboxylic acids is 1. The second-order valence-corrected chi connectivity index (χ2v) is 6.48. The summed E-state index contributed by atoms with van der Waals surface area (Å²) in [6.45, 7) is 7.20. The molecule has 1 saturated carbocycles. The highest BCUT2D eigenvalue weighted by molar-refractivity contribution is 5.90. The van der Waals surface area contributed by atoms with Crippen molar-refractivity contribution in [2.45, 2.75) is 39.2 Å². The SMILES string of the molecule is Cc1nc(N2CCOCC2)ccc1NC(=O)N[C@H](C)C1CCC1. The molecule has 1 atom stereocenters. The van der Waals surface area contributed by atoms with Gasteiger partial charge in [0.1, 0.15) is 5.82 Å². The van der Waals surface area contributed by atoms with Gasteiger partial charge >= 0.3 is 6.03 Å². The number of rotatable bonds is 4. The fraction of sp³-hybridized carbons (Fsp3) is 0.647. The molecule has 2 aliphatic rings. The Hall–Kier alpha value is -1.82. The molecule has 1 aliphatic carbocycles. The van der Waals surface area contributed by atoms with E-state index in [9.17, 15) is 4.79 Å². The van der Waals surface area contributed by atoms with Gasteiger partial charge in [-0.15, -0.1) is 0 Å². The van der Waals surface area contributed by atoms with Gasteiger partial charge in [-0.25, -0.2) is 9.78 Å². The number of nitrogens with one attached hydrogen (secondary N) is 2. The van der Waals surface area contributed by atoms with Gasteiger partial charge in [-0.2, -0.15) is 0 Å². The van der Waals surface area contributed by atoms with Crippen molar-refractivity contribution in [3.05, 3.63) is 17.8 Å². The molecule has 1 saturated heterocycles. The van der Waals surface area contributed by atoms with E-state index in [4.69, 9.17) is 4.74 Å². The number of morpholine rings is 1. The van der Waals surface area contributed by atoms with Crippen LogP contribution >= 0.6 is 0 Å². The van der Waals surface area contributed by atoms with E-state index in [0.717, 1.165) is 43.5 Å². The van der Waals surface area contributed by atoms with Crippen LogP contribution in [-0.2, 0) is 4.74 Å². The van der Waals surface area contributed by atoms with E-state index in [1.54, 1.807) is 0 Å². The Bertz CT molecular complexity index is 554. The number of anilines is 2. The molecular weight excluding hydrogens is 292 g/mol. The zero-order valence-corrected chi connectivity index (χ0v) is 14.0. The van der Waals surface area contributed by atoms with Crippen molar-refractivity contribution in [1.29, 1.82) is 0 Å². The highest BCUT2D eigenvalue weighted by Gasteiger charge is 2.25. The van der Waals surface area contributed by atoms with E-state index in [1.165, 1.54) is 19.3 Å². The molecule has 6 heteroatoms. The minimum Gasteiger partial charge on any atom is -0.378 e. The van der Waals surface area contributed by atoms with Crippen molar-refractivity contribution in [1.82, 2.24) is 10.3 Å². The van der Waals surface area contributed by atoms with Crippen LogP contribution in [0.1, 0.15) is 31.9 Å². The van der Waals surface area contributed by atoms with Gasteiger partial charge in [0.25, 0.3) is 0 Å². The van der Waals surface area contributed by atoms with Crippen LogP contribution < -0.4 is 15.5 Å². The Kier molecular flexibility index (Phi) is 5.00. The van der Waals surface area contributed by atoms with Crippen molar-refractivity contribution in [2.75, 3.05) is 36.5 Å². The van der Waals surface area contributed by atoms with E-state index in [2.05, 4.69) is 27.4 Å². The van der Waals surface area contributed by atoms with Crippen LogP contribution in [0.15, 0.2) is 12.1 Å². The second kappa shape index (κ2) is 7.17. The van der Waals surface area contributed by atoms with E-state index in [1.807, 2.05) is 19.1 Å². The van der Waals surface area contributed by atoms with Crippen LogP contribution in [0.5, 0.6) is 0 Å². The largest absolute Gasteiger partial charge is 0.378 e. The van der Waals surface area contributed by atoms with Gasteiger partial charge in [-0.3, -0.25) is 0 Å². The molecule has 6 nitrogen and oxygen atoms in total. The maximum absolute atomic E-state index is 12.1. The fourth-order valence-electron chi connectivity index (χ4n) is 3.07. The molecule has 1 aromatic rings. The number of pyridine rings is 1. The van der Waals surface area contributed by atoms with Crippen LogP contribution in [0, 0.1) is 12.8 Å². The molecule has 2 amide bonds. The molecular formula is C17H26N4O2. The number of hydrogen-bond acceptors (Lipinski definition) is 4. The topological polar surface area (TPSA) is 66.5 Å². The van der Waals surface area contributed by atoms with Crippen LogP contribution in [0.25, 0.3) is 0 Å². The lowest BCUT2D eigenvalue weighted by atomic mass is 9.80. The first-order valence-corrected chi connectivity index (χ1v) is 8.51. The molecule has 2 fully saturated rings. The summed E-state index contributed by atoms with van der Waals surface area (Å²) in [6.07, 6.45) is 3.72. The summed E-state index contributed by atoms with van der Waals surface area (Å²) in [5, 5.41) is 5.95. The Labute approximate surface area is 137 Å². The summed E-state index contributed by atoms with van der Waals surface area (Å²) >= 11 is 0. The number of nitrogens with zero attached hydrogens (tertiary/aromatic N) is 2. The molecule has 0 bridgehead atoms. The molecule has 2 N–H and O–H groups in total. The number of amides is 2. The van der Waals surface area contributed by atoms with Crippen molar-refractivity contribution >= 4 is 17.5 Å². The van der Waals surface area contributed by atoms with Crippen molar-refractivity contribution in [3.8, 4) is 0 Å². The number of hydrogen-bond donors (Lipinski definition) is 2. The smallest absolute Gasteiger partial charge is 0.319 e. The quantitative estimate of drug-likeness (QED) is 0.895. The van der Waals surface area contributed by atoms with Gasteiger partial charge in [0.05, 0.1) is 24.6 Å². The number of aryl methyl sites for hydroxylation is 1. The zero-order chi connectivity index (χ0) is 16.2. The van der Waals surface area contributed by atoms with E-state index in [-0.39, 0.29) is 12.1 Å². The minimum atomic E-state index is -0.145. The lowest BCUT2D eigenvalue weighted by Crippen LogP contribution is -2.42. The van der Waals surface area contributed by atoms with Gasteiger partial charge in [0.2, 0.25) is 0 Å². The van der Waals surface area contributed by atoms with Gasteiger partial charge in [0.15, 0.2) is 0 Å². The fourth-order valence-corrected chi connectivity index (χ4v) is 3.07. The third kappa shape index (κ3) is 3.93. The Morgan fingerprint density at radius 1 is 1.35 bits per heavy atom. The van der Waals surface area contributed by atoms with E-state index >= 15 is 0 Å². The molecule has 0 radical (unpaired) electrons. The minimum absolute atomic E-state index is 0.145. The summed E-state index contributed by atoms with van der Waals surface area (Å²) in [5.41, 5.74) is 1.60. The van der Waals surface area contributed by atoms with Crippen LogP contribution in [-0.4, -0.2) is 43.4 Å². The first-order chi connectivity index (χ1) is 11.1. The van der Waals surface area contributed by atoms with E-state index < -0.39 is 0 Å². The maximum atomic E-state index is 12.1. The average molecular weight is 318 g/mol. The third-order valence-electron chi connectivity index (χ3n) is 4.87. The van der Waals surface area contributed by atoms with Gasteiger partial charge in [-0.1, -0.05) is 6.42 Å². The molecule has 0 aromatic carbocycles. The summed E-state index contributed by atoms with van der Waals surface area (Å²) in [5.74, 6) is 1.57. The van der Waals surface area contributed by atoms with Crippen LogP contribution in [0.2, 0.25) is 0 Å². The summed E-state index contributed by atoms with van der Waals surface area (Å²) in [6, 6.07) is 3.97. The third-order valence-corrected chi connectivity index (χ3v) is 4.87. The molecule has 0 spiro atoms. The molecule has 0 unspecified atom stereocenters. The number of ether oxygens (including phenoxy) is 1. The first-order valence-electron chi connectivity index (χ1n) is 8.51. The molecule has 1 aromatic heterocycles. The van der Waals surface area contributed by atoms with Crippen molar-refractivity contribution < 1.29 is 9.53 Å². The lowest BCUT2D eigenvalue weighted by Gasteiger charge is -2.32. The highest BCUT2D eigenvalue weighted by atomic mass is 16.5. The van der Waals surface area contributed by atoms with Crippen LogP contribution in [0.3, 0.4) is 0 Å². The monoisotopic (exact) mass is 318 g/mol. The Balaban J connectivity index is 1.57. The van der Waals surface area contributed by atoms with Gasteiger partial charge in [-0.05, 0) is 44.7 Å². The first kappa shape index (κ1) is 16.1. The number of carbonyl (C=O) groups is 1. The molecule has 1 aliphatic heterocycles. The maximum Gasteiger partial charge on any atom is 0.319 e. The van der Waals surface area contributed by atoms with Crippen molar-refractivity contribution in [2.24, 2.45) is 5.92 Å². The normalized spacial score (nSPS) is 19.8. The predicted octanol–water partition coefficient (Wildman–Crippen LogP) is 2.54. The van der Waals surface area contributed by atoms with E-state index in [0.29, 0.717) is 5.92 Å². The average Bonchev–Trinajstić information content (AvgIpc) is 2.48. The van der Waals surface area contributed by atoms with Gasteiger partial charge in [0, 0.05) is 19.1 Å². The Morgan fingerprint density at radius 3 is 2.70 bits per heavy atom. The molecule has 126 valence electrons. The molecule has 2 heterocycles. The molecule has 3 rings (SSSR count). The lowest BCUT2D eigenvalue weighted by molar-refractivity contribution is 0.122.